The van der Waals surface area contributed by atoms with Crippen LogP contribution in [0.5, 0.6) is 11.5 Å². The van der Waals surface area contributed by atoms with Crippen molar-refractivity contribution in [3.8, 4) is 11.5 Å². The first kappa shape index (κ1) is 12.6. The summed E-state index contributed by atoms with van der Waals surface area (Å²) in [5, 5.41) is 0. The standard InChI is InChI=1S/C13H19NO2/c1-3-4-9-16-13-10-11(7-8-14)5-6-12(13)15-2/h3,5-6,10H,1,4,7-9,14H2,2H3. The Morgan fingerprint density at radius 1 is 1.38 bits per heavy atom. The lowest BCUT2D eigenvalue weighted by Crippen LogP contribution is -2.04. The Morgan fingerprint density at radius 2 is 2.19 bits per heavy atom. The van der Waals surface area contributed by atoms with Crippen molar-refractivity contribution in [2.75, 3.05) is 20.3 Å². The molecule has 88 valence electrons. The molecule has 0 aromatic heterocycles. The zero-order chi connectivity index (χ0) is 11.8. The number of benzene rings is 1. The SMILES string of the molecule is C=CCCOc1cc(CCN)ccc1OC. The summed E-state index contributed by atoms with van der Waals surface area (Å²) in [4.78, 5) is 0. The zero-order valence-electron chi connectivity index (χ0n) is 9.74. The van der Waals surface area contributed by atoms with Crippen LogP contribution in [-0.2, 0) is 6.42 Å². The van der Waals surface area contributed by atoms with Crippen LogP contribution in [0.15, 0.2) is 30.9 Å². The molecule has 0 aliphatic carbocycles. The number of methoxy groups -OCH3 is 1. The van der Waals surface area contributed by atoms with Gasteiger partial charge in [-0.15, -0.1) is 6.58 Å². The Bertz CT molecular complexity index is 337. The first-order valence-electron chi connectivity index (χ1n) is 5.42. The van der Waals surface area contributed by atoms with Gasteiger partial charge in [-0.05, 0) is 37.1 Å². The molecule has 0 saturated carbocycles. The maximum Gasteiger partial charge on any atom is 0.161 e. The van der Waals surface area contributed by atoms with E-state index < -0.39 is 0 Å². The lowest BCUT2D eigenvalue weighted by Gasteiger charge is -2.11. The van der Waals surface area contributed by atoms with Crippen molar-refractivity contribution in [1.29, 1.82) is 0 Å². The van der Waals surface area contributed by atoms with Gasteiger partial charge < -0.3 is 15.2 Å². The molecule has 3 nitrogen and oxygen atoms in total. The second-order valence-corrected chi connectivity index (χ2v) is 3.45. The minimum atomic E-state index is 0.617. The van der Waals surface area contributed by atoms with Crippen LogP contribution in [0.4, 0.5) is 0 Å². The van der Waals surface area contributed by atoms with Gasteiger partial charge in [-0.3, -0.25) is 0 Å². The van der Waals surface area contributed by atoms with Gasteiger partial charge in [-0.1, -0.05) is 12.1 Å². The second kappa shape index (κ2) is 6.90. The Labute approximate surface area is 96.9 Å². The molecule has 0 atom stereocenters. The van der Waals surface area contributed by atoms with Crippen LogP contribution in [0.3, 0.4) is 0 Å². The van der Waals surface area contributed by atoms with Crippen LogP contribution in [-0.4, -0.2) is 20.3 Å². The van der Waals surface area contributed by atoms with Crippen LogP contribution in [0.2, 0.25) is 0 Å². The van der Waals surface area contributed by atoms with Gasteiger partial charge in [0.15, 0.2) is 11.5 Å². The van der Waals surface area contributed by atoms with Gasteiger partial charge in [0, 0.05) is 0 Å². The number of ether oxygens (including phenoxy) is 2. The molecule has 0 amide bonds. The third kappa shape index (κ3) is 3.59. The predicted octanol–water partition coefficient (Wildman–Crippen LogP) is 2.15. The number of hydrogen-bond donors (Lipinski definition) is 1. The van der Waals surface area contributed by atoms with E-state index in [4.69, 9.17) is 15.2 Å². The molecule has 2 N–H and O–H groups in total. The van der Waals surface area contributed by atoms with E-state index in [2.05, 4.69) is 6.58 Å². The average molecular weight is 221 g/mol. The highest BCUT2D eigenvalue weighted by atomic mass is 16.5. The molecule has 0 fully saturated rings. The fourth-order valence-corrected chi connectivity index (χ4v) is 1.41. The molecular formula is C13H19NO2. The van der Waals surface area contributed by atoms with Gasteiger partial charge in [-0.2, -0.15) is 0 Å². The fourth-order valence-electron chi connectivity index (χ4n) is 1.41. The zero-order valence-corrected chi connectivity index (χ0v) is 9.74. The number of hydrogen-bond acceptors (Lipinski definition) is 3. The molecule has 1 aromatic rings. The number of rotatable bonds is 7. The summed E-state index contributed by atoms with van der Waals surface area (Å²) in [7, 11) is 1.64. The molecule has 0 aliphatic heterocycles. The molecule has 16 heavy (non-hydrogen) atoms. The van der Waals surface area contributed by atoms with Crippen LogP contribution in [0.25, 0.3) is 0 Å². The summed E-state index contributed by atoms with van der Waals surface area (Å²) in [5.74, 6) is 1.53. The summed E-state index contributed by atoms with van der Waals surface area (Å²) in [6.07, 6.45) is 3.50. The Balaban J connectivity index is 2.75. The molecule has 0 heterocycles. The molecule has 1 aromatic carbocycles. The fraction of sp³-hybridized carbons (Fsp3) is 0.385. The van der Waals surface area contributed by atoms with E-state index in [1.54, 1.807) is 7.11 Å². The lowest BCUT2D eigenvalue weighted by molar-refractivity contribution is 0.299. The minimum absolute atomic E-state index is 0.617. The highest BCUT2D eigenvalue weighted by molar-refractivity contribution is 5.43. The topological polar surface area (TPSA) is 44.5 Å². The summed E-state index contributed by atoms with van der Waals surface area (Å²) >= 11 is 0. The van der Waals surface area contributed by atoms with Crippen LogP contribution in [0, 0.1) is 0 Å². The third-order valence-corrected chi connectivity index (χ3v) is 2.24. The summed E-state index contributed by atoms with van der Waals surface area (Å²) in [6, 6.07) is 5.90. The van der Waals surface area contributed by atoms with Crippen molar-refractivity contribution in [3.05, 3.63) is 36.4 Å². The summed E-state index contributed by atoms with van der Waals surface area (Å²) in [6.45, 7) is 4.91. The van der Waals surface area contributed by atoms with Gasteiger partial charge in [0.1, 0.15) is 0 Å². The van der Waals surface area contributed by atoms with E-state index >= 15 is 0 Å². The van der Waals surface area contributed by atoms with E-state index in [-0.39, 0.29) is 0 Å². The Kier molecular flexibility index (Phi) is 5.43. The Morgan fingerprint density at radius 3 is 2.81 bits per heavy atom. The third-order valence-electron chi connectivity index (χ3n) is 2.24. The van der Waals surface area contributed by atoms with Crippen LogP contribution in [0.1, 0.15) is 12.0 Å². The van der Waals surface area contributed by atoms with Crippen molar-refractivity contribution in [1.82, 2.24) is 0 Å². The molecule has 0 unspecified atom stereocenters. The molecular weight excluding hydrogens is 202 g/mol. The molecule has 0 bridgehead atoms. The van der Waals surface area contributed by atoms with E-state index in [0.29, 0.717) is 13.2 Å². The predicted molar refractivity (Wildman–Crippen MR) is 66.1 cm³/mol. The molecule has 0 aliphatic rings. The molecule has 1 rings (SSSR count). The van der Waals surface area contributed by atoms with Gasteiger partial charge >= 0.3 is 0 Å². The molecule has 3 heteroatoms. The quantitative estimate of drug-likeness (QED) is 0.567. The maximum absolute atomic E-state index is 5.62. The van der Waals surface area contributed by atoms with E-state index in [9.17, 15) is 0 Å². The van der Waals surface area contributed by atoms with E-state index in [0.717, 1.165) is 29.9 Å². The van der Waals surface area contributed by atoms with Gasteiger partial charge in [0.25, 0.3) is 0 Å². The Hall–Kier alpha value is -1.48. The lowest BCUT2D eigenvalue weighted by atomic mass is 10.1. The van der Waals surface area contributed by atoms with Crippen molar-refractivity contribution in [2.45, 2.75) is 12.8 Å². The monoisotopic (exact) mass is 221 g/mol. The molecule has 0 spiro atoms. The van der Waals surface area contributed by atoms with Gasteiger partial charge in [0.05, 0.1) is 13.7 Å². The molecule has 0 radical (unpaired) electrons. The second-order valence-electron chi connectivity index (χ2n) is 3.45. The van der Waals surface area contributed by atoms with E-state index in [1.165, 1.54) is 0 Å². The van der Waals surface area contributed by atoms with Crippen LogP contribution >= 0.6 is 0 Å². The van der Waals surface area contributed by atoms with Crippen molar-refractivity contribution < 1.29 is 9.47 Å². The first-order chi connectivity index (χ1) is 7.81. The highest BCUT2D eigenvalue weighted by Gasteiger charge is 2.04. The van der Waals surface area contributed by atoms with Gasteiger partial charge in [0.2, 0.25) is 0 Å². The smallest absolute Gasteiger partial charge is 0.161 e. The maximum atomic E-state index is 5.62. The van der Waals surface area contributed by atoms with Crippen LogP contribution < -0.4 is 15.2 Å². The van der Waals surface area contributed by atoms with E-state index in [1.807, 2.05) is 24.3 Å². The highest BCUT2D eigenvalue weighted by Crippen LogP contribution is 2.28. The van der Waals surface area contributed by atoms with Crippen molar-refractivity contribution in [3.63, 3.8) is 0 Å². The number of nitrogens with two attached hydrogens (primary N) is 1. The average Bonchev–Trinajstić information content (AvgIpc) is 2.30. The summed E-state index contributed by atoms with van der Waals surface area (Å²) < 4.78 is 10.8. The first-order valence-corrected chi connectivity index (χ1v) is 5.42. The van der Waals surface area contributed by atoms with Crippen molar-refractivity contribution in [2.24, 2.45) is 5.73 Å². The normalized spacial score (nSPS) is 9.88. The van der Waals surface area contributed by atoms with Gasteiger partial charge in [-0.25, -0.2) is 0 Å². The van der Waals surface area contributed by atoms with Crippen molar-refractivity contribution >= 4 is 0 Å². The molecule has 0 saturated heterocycles. The summed E-state index contributed by atoms with van der Waals surface area (Å²) in [5.41, 5.74) is 6.68. The largest absolute Gasteiger partial charge is 0.493 e. The minimum Gasteiger partial charge on any atom is -0.493 e.